The highest BCUT2D eigenvalue weighted by Crippen LogP contribution is 2.15. The molecule has 122 valence electrons. The Bertz CT molecular complexity index is 806. The molecular formula is C16H17FN2O3S. The van der Waals surface area contributed by atoms with Crippen LogP contribution in [0.15, 0.2) is 53.4 Å². The van der Waals surface area contributed by atoms with Crippen molar-refractivity contribution in [2.24, 2.45) is 0 Å². The number of amides is 1. The van der Waals surface area contributed by atoms with E-state index >= 15 is 0 Å². The summed E-state index contributed by atoms with van der Waals surface area (Å²) in [6.07, 6.45) is 0.666. The monoisotopic (exact) mass is 336 g/mol. The van der Waals surface area contributed by atoms with E-state index in [2.05, 4.69) is 10.0 Å². The van der Waals surface area contributed by atoms with E-state index in [1.54, 1.807) is 6.07 Å². The molecular weight excluding hydrogens is 319 g/mol. The molecule has 0 aliphatic rings. The molecule has 2 N–H and O–H groups in total. The minimum atomic E-state index is -3.65. The average molecular weight is 336 g/mol. The molecule has 0 atom stereocenters. The van der Waals surface area contributed by atoms with Gasteiger partial charge in [-0.2, -0.15) is 0 Å². The molecule has 0 aromatic heterocycles. The van der Waals surface area contributed by atoms with Crippen molar-refractivity contribution in [2.45, 2.75) is 18.2 Å². The van der Waals surface area contributed by atoms with E-state index in [-0.39, 0.29) is 10.5 Å². The first kappa shape index (κ1) is 17.1. The molecule has 0 fully saturated rings. The fourth-order valence-electron chi connectivity index (χ4n) is 1.89. The molecule has 0 unspecified atom stereocenters. The summed E-state index contributed by atoms with van der Waals surface area (Å²) in [5.74, 6) is -0.981. The third kappa shape index (κ3) is 4.61. The van der Waals surface area contributed by atoms with Crippen molar-refractivity contribution in [1.29, 1.82) is 0 Å². The van der Waals surface area contributed by atoms with Gasteiger partial charge in [0, 0.05) is 17.8 Å². The number of benzene rings is 2. The summed E-state index contributed by atoms with van der Waals surface area (Å²) in [7, 11) is -3.65. The van der Waals surface area contributed by atoms with Crippen LogP contribution in [0.5, 0.6) is 0 Å². The van der Waals surface area contributed by atoms with Gasteiger partial charge in [0.15, 0.2) is 0 Å². The number of rotatable bonds is 6. The van der Waals surface area contributed by atoms with Gasteiger partial charge in [-0.3, -0.25) is 4.79 Å². The van der Waals surface area contributed by atoms with E-state index < -0.39 is 21.7 Å². The number of nitrogens with one attached hydrogen (secondary N) is 2. The Hall–Kier alpha value is -2.25. The summed E-state index contributed by atoms with van der Waals surface area (Å²) in [4.78, 5) is 12.2. The normalized spacial score (nSPS) is 11.2. The number of hydrogen-bond acceptors (Lipinski definition) is 3. The summed E-state index contributed by atoms with van der Waals surface area (Å²) >= 11 is 0. The molecule has 2 aromatic carbocycles. The Labute approximate surface area is 134 Å². The van der Waals surface area contributed by atoms with Crippen molar-refractivity contribution in [3.8, 4) is 0 Å². The first-order chi connectivity index (χ1) is 10.9. The standard InChI is InChI=1S/C16H17FN2O3S/c1-2-9-18-23(21,22)15-8-3-5-12(10-15)16(20)19-14-7-4-6-13(17)11-14/h3-8,10-11,18H,2,9H2,1H3,(H,19,20). The quantitative estimate of drug-likeness (QED) is 0.852. The van der Waals surface area contributed by atoms with Crippen LogP contribution >= 0.6 is 0 Å². The van der Waals surface area contributed by atoms with Crippen molar-refractivity contribution >= 4 is 21.6 Å². The third-order valence-corrected chi connectivity index (χ3v) is 4.49. The van der Waals surface area contributed by atoms with Gasteiger partial charge in [0.2, 0.25) is 10.0 Å². The molecule has 0 saturated heterocycles. The van der Waals surface area contributed by atoms with Gasteiger partial charge < -0.3 is 5.32 Å². The zero-order valence-electron chi connectivity index (χ0n) is 12.5. The van der Waals surface area contributed by atoms with Crippen LogP contribution in [0.3, 0.4) is 0 Å². The maximum Gasteiger partial charge on any atom is 0.255 e. The zero-order chi connectivity index (χ0) is 16.9. The van der Waals surface area contributed by atoms with Crippen LogP contribution in [0.25, 0.3) is 0 Å². The second-order valence-electron chi connectivity index (χ2n) is 4.89. The molecule has 0 aliphatic carbocycles. The third-order valence-electron chi connectivity index (χ3n) is 3.03. The minimum absolute atomic E-state index is 0.0119. The van der Waals surface area contributed by atoms with Gasteiger partial charge >= 0.3 is 0 Å². The predicted octanol–water partition coefficient (Wildman–Crippen LogP) is 2.77. The van der Waals surface area contributed by atoms with Gasteiger partial charge in [0.1, 0.15) is 5.82 Å². The number of carbonyl (C=O) groups excluding carboxylic acids is 1. The SMILES string of the molecule is CCCNS(=O)(=O)c1cccc(C(=O)Nc2cccc(F)c2)c1. The highest BCUT2D eigenvalue weighted by Gasteiger charge is 2.15. The minimum Gasteiger partial charge on any atom is -0.322 e. The molecule has 0 heterocycles. The number of carbonyl (C=O) groups is 1. The van der Waals surface area contributed by atoms with E-state index in [0.29, 0.717) is 18.7 Å². The van der Waals surface area contributed by atoms with E-state index in [4.69, 9.17) is 0 Å². The number of sulfonamides is 1. The second kappa shape index (κ2) is 7.34. The van der Waals surface area contributed by atoms with E-state index in [9.17, 15) is 17.6 Å². The zero-order valence-corrected chi connectivity index (χ0v) is 13.4. The van der Waals surface area contributed by atoms with Crippen molar-refractivity contribution in [2.75, 3.05) is 11.9 Å². The molecule has 7 heteroatoms. The van der Waals surface area contributed by atoms with E-state index in [1.165, 1.54) is 42.5 Å². The lowest BCUT2D eigenvalue weighted by Crippen LogP contribution is -2.24. The van der Waals surface area contributed by atoms with Gasteiger partial charge in [0.05, 0.1) is 4.90 Å². The van der Waals surface area contributed by atoms with Crippen LogP contribution in [0.4, 0.5) is 10.1 Å². The lowest BCUT2D eigenvalue weighted by molar-refractivity contribution is 0.102. The lowest BCUT2D eigenvalue weighted by atomic mass is 10.2. The van der Waals surface area contributed by atoms with Crippen LogP contribution in [0.1, 0.15) is 23.7 Å². The second-order valence-corrected chi connectivity index (χ2v) is 6.66. The van der Waals surface area contributed by atoms with E-state index in [0.717, 1.165) is 0 Å². The molecule has 0 saturated carbocycles. The Balaban J connectivity index is 2.20. The van der Waals surface area contributed by atoms with Crippen LogP contribution in [-0.2, 0) is 10.0 Å². The molecule has 0 bridgehead atoms. The van der Waals surface area contributed by atoms with Crippen LogP contribution in [-0.4, -0.2) is 20.9 Å². The smallest absolute Gasteiger partial charge is 0.255 e. The number of halogens is 1. The summed E-state index contributed by atoms with van der Waals surface area (Å²) in [6, 6.07) is 11.1. The van der Waals surface area contributed by atoms with Gasteiger partial charge in [-0.15, -0.1) is 0 Å². The van der Waals surface area contributed by atoms with Crippen molar-refractivity contribution < 1.29 is 17.6 Å². The molecule has 0 aliphatic heterocycles. The van der Waals surface area contributed by atoms with Gasteiger partial charge in [0.25, 0.3) is 5.91 Å². The average Bonchev–Trinajstić information content (AvgIpc) is 2.53. The topological polar surface area (TPSA) is 75.3 Å². The van der Waals surface area contributed by atoms with Crippen LogP contribution in [0, 0.1) is 5.82 Å². The van der Waals surface area contributed by atoms with E-state index in [1.807, 2.05) is 6.92 Å². The fraction of sp³-hybridized carbons (Fsp3) is 0.188. The summed E-state index contributed by atoms with van der Waals surface area (Å²) in [5, 5.41) is 2.53. The maximum atomic E-state index is 13.1. The number of hydrogen-bond donors (Lipinski definition) is 2. The van der Waals surface area contributed by atoms with Crippen LogP contribution in [0.2, 0.25) is 0 Å². The first-order valence-corrected chi connectivity index (χ1v) is 8.57. The Morgan fingerprint density at radius 3 is 2.57 bits per heavy atom. The Kier molecular flexibility index (Phi) is 5.46. The molecule has 23 heavy (non-hydrogen) atoms. The summed E-state index contributed by atoms with van der Waals surface area (Å²) < 4.78 is 39.7. The van der Waals surface area contributed by atoms with Gasteiger partial charge in [-0.1, -0.05) is 19.1 Å². The molecule has 2 aromatic rings. The molecule has 5 nitrogen and oxygen atoms in total. The molecule has 0 spiro atoms. The highest BCUT2D eigenvalue weighted by atomic mass is 32.2. The molecule has 2 rings (SSSR count). The molecule has 1 amide bonds. The lowest BCUT2D eigenvalue weighted by Gasteiger charge is -2.08. The molecule has 0 radical (unpaired) electrons. The van der Waals surface area contributed by atoms with Crippen molar-refractivity contribution in [3.05, 3.63) is 59.9 Å². The largest absolute Gasteiger partial charge is 0.322 e. The summed E-state index contributed by atoms with van der Waals surface area (Å²) in [6.45, 7) is 2.17. The fourth-order valence-corrected chi connectivity index (χ4v) is 3.07. The Morgan fingerprint density at radius 1 is 1.13 bits per heavy atom. The Morgan fingerprint density at radius 2 is 1.87 bits per heavy atom. The number of anilines is 1. The predicted molar refractivity (Wildman–Crippen MR) is 86.3 cm³/mol. The first-order valence-electron chi connectivity index (χ1n) is 7.09. The van der Waals surface area contributed by atoms with Gasteiger partial charge in [-0.25, -0.2) is 17.5 Å². The van der Waals surface area contributed by atoms with Gasteiger partial charge in [-0.05, 0) is 42.8 Å². The van der Waals surface area contributed by atoms with Crippen molar-refractivity contribution in [3.63, 3.8) is 0 Å². The maximum absolute atomic E-state index is 13.1. The van der Waals surface area contributed by atoms with Crippen LogP contribution < -0.4 is 10.0 Å². The summed E-state index contributed by atoms with van der Waals surface area (Å²) in [5.41, 5.74) is 0.473. The van der Waals surface area contributed by atoms with Crippen molar-refractivity contribution in [1.82, 2.24) is 4.72 Å². The highest BCUT2D eigenvalue weighted by molar-refractivity contribution is 7.89.